The van der Waals surface area contributed by atoms with Gasteiger partial charge in [-0.3, -0.25) is 9.78 Å². The summed E-state index contributed by atoms with van der Waals surface area (Å²) >= 11 is 0. The van der Waals surface area contributed by atoms with E-state index in [9.17, 15) is 4.79 Å². The van der Waals surface area contributed by atoms with Crippen LogP contribution in [0.5, 0.6) is 0 Å². The Kier molecular flexibility index (Phi) is 3.62. The van der Waals surface area contributed by atoms with Gasteiger partial charge in [-0.1, -0.05) is 0 Å². The highest BCUT2D eigenvalue weighted by Crippen LogP contribution is 2.11. The van der Waals surface area contributed by atoms with Crippen LogP contribution < -0.4 is 11.3 Å². The van der Waals surface area contributed by atoms with Crippen LogP contribution in [-0.4, -0.2) is 21.5 Å². The summed E-state index contributed by atoms with van der Waals surface area (Å²) in [6, 6.07) is 5.14. The van der Waals surface area contributed by atoms with Crippen LogP contribution in [0.25, 0.3) is 11.4 Å². The fraction of sp³-hybridized carbons (Fsp3) is 0.250. The molecule has 0 saturated heterocycles. The molecule has 0 amide bonds. The number of hydrogen-bond acceptors (Lipinski definition) is 4. The van der Waals surface area contributed by atoms with Crippen LogP contribution in [0.3, 0.4) is 0 Å². The molecule has 0 radical (unpaired) electrons. The number of aromatic amines is 1. The third-order valence-electron chi connectivity index (χ3n) is 2.39. The third-order valence-corrected chi connectivity index (χ3v) is 2.39. The lowest BCUT2D eigenvalue weighted by Gasteiger charge is -2.03. The first-order chi connectivity index (χ1) is 8.29. The van der Waals surface area contributed by atoms with E-state index in [-0.39, 0.29) is 5.56 Å². The van der Waals surface area contributed by atoms with E-state index in [1.54, 1.807) is 12.4 Å². The number of pyridine rings is 1. The predicted octanol–water partition coefficient (Wildman–Crippen LogP) is 0.723. The maximum atomic E-state index is 11.5. The number of H-pyrrole nitrogens is 1. The molecule has 88 valence electrons. The first kappa shape index (κ1) is 11.5. The van der Waals surface area contributed by atoms with Gasteiger partial charge in [0.2, 0.25) is 0 Å². The summed E-state index contributed by atoms with van der Waals surface area (Å²) in [5, 5.41) is 0. The molecule has 0 atom stereocenters. The fourth-order valence-corrected chi connectivity index (χ4v) is 1.57. The zero-order chi connectivity index (χ0) is 12.1. The quantitative estimate of drug-likeness (QED) is 0.810. The number of rotatable bonds is 4. The number of nitrogens with zero attached hydrogens (tertiary/aromatic N) is 2. The van der Waals surface area contributed by atoms with E-state index in [0.29, 0.717) is 12.4 Å². The van der Waals surface area contributed by atoms with E-state index in [1.165, 1.54) is 6.07 Å². The van der Waals surface area contributed by atoms with Crippen LogP contribution in [0.15, 0.2) is 35.4 Å². The number of hydrogen-bond donors (Lipinski definition) is 2. The molecule has 0 aromatic carbocycles. The largest absolute Gasteiger partial charge is 0.330 e. The average molecular weight is 230 g/mol. The maximum Gasteiger partial charge on any atom is 0.251 e. The van der Waals surface area contributed by atoms with Gasteiger partial charge in [-0.15, -0.1) is 0 Å². The second kappa shape index (κ2) is 5.36. The van der Waals surface area contributed by atoms with Crippen molar-refractivity contribution in [2.75, 3.05) is 6.54 Å². The van der Waals surface area contributed by atoms with Gasteiger partial charge in [-0.2, -0.15) is 0 Å². The molecule has 5 nitrogen and oxygen atoms in total. The Morgan fingerprint density at radius 1 is 1.29 bits per heavy atom. The zero-order valence-electron chi connectivity index (χ0n) is 9.39. The molecular weight excluding hydrogens is 216 g/mol. The molecule has 17 heavy (non-hydrogen) atoms. The molecule has 2 aromatic heterocycles. The van der Waals surface area contributed by atoms with Crippen molar-refractivity contribution in [3.63, 3.8) is 0 Å². The lowest BCUT2D eigenvalue weighted by atomic mass is 10.2. The van der Waals surface area contributed by atoms with E-state index >= 15 is 0 Å². The molecule has 0 saturated carbocycles. The van der Waals surface area contributed by atoms with Crippen molar-refractivity contribution < 1.29 is 0 Å². The van der Waals surface area contributed by atoms with E-state index in [1.807, 2.05) is 12.1 Å². The average Bonchev–Trinajstić information content (AvgIpc) is 2.37. The maximum absolute atomic E-state index is 11.5. The summed E-state index contributed by atoms with van der Waals surface area (Å²) in [7, 11) is 0. The van der Waals surface area contributed by atoms with Gasteiger partial charge in [0.25, 0.3) is 5.56 Å². The number of nitrogens with two attached hydrogens (primary N) is 1. The molecule has 0 spiro atoms. The van der Waals surface area contributed by atoms with Crippen LogP contribution >= 0.6 is 0 Å². The second-order valence-corrected chi connectivity index (χ2v) is 3.71. The van der Waals surface area contributed by atoms with Crippen LogP contribution in [-0.2, 0) is 6.42 Å². The molecule has 0 aliphatic heterocycles. The Labute approximate surface area is 98.7 Å². The van der Waals surface area contributed by atoms with Gasteiger partial charge >= 0.3 is 0 Å². The lowest BCUT2D eigenvalue weighted by Crippen LogP contribution is -2.11. The smallest absolute Gasteiger partial charge is 0.251 e. The highest BCUT2D eigenvalue weighted by molar-refractivity contribution is 5.53. The monoisotopic (exact) mass is 230 g/mol. The topological polar surface area (TPSA) is 84.7 Å². The van der Waals surface area contributed by atoms with Gasteiger partial charge < -0.3 is 10.7 Å². The molecule has 0 aliphatic rings. The first-order valence-electron chi connectivity index (χ1n) is 5.50. The Balaban J connectivity index is 2.35. The normalized spacial score (nSPS) is 10.4. The highest BCUT2D eigenvalue weighted by Gasteiger charge is 2.03. The molecular formula is C12H14N4O. The second-order valence-electron chi connectivity index (χ2n) is 3.71. The third kappa shape index (κ3) is 2.98. The Morgan fingerprint density at radius 2 is 2.06 bits per heavy atom. The van der Waals surface area contributed by atoms with Gasteiger partial charge in [0.15, 0.2) is 0 Å². The van der Waals surface area contributed by atoms with Crippen LogP contribution in [0.1, 0.15) is 12.1 Å². The summed E-state index contributed by atoms with van der Waals surface area (Å²) in [6.07, 6.45) is 4.88. The van der Waals surface area contributed by atoms with Crippen molar-refractivity contribution in [1.82, 2.24) is 15.0 Å². The SMILES string of the molecule is NCCCc1cc(=O)[nH]c(-c2ccncc2)n1. The van der Waals surface area contributed by atoms with Crippen molar-refractivity contribution in [1.29, 1.82) is 0 Å². The van der Waals surface area contributed by atoms with E-state index in [0.717, 1.165) is 24.1 Å². The summed E-state index contributed by atoms with van der Waals surface area (Å²) in [5.41, 5.74) is 6.92. The first-order valence-corrected chi connectivity index (χ1v) is 5.50. The van der Waals surface area contributed by atoms with Crippen molar-refractivity contribution in [2.45, 2.75) is 12.8 Å². The van der Waals surface area contributed by atoms with Gasteiger partial charge in [-0.05, 0) is 31.5 Å². The zero-order valence-corrected chi connectivity index (χ0v) is 9.39. The van der Waals surface area contributed by atoms with Crippen LogP contribution in [0, 0.1) is 0 Å². The number of aromatic nitrogens is 3. The van der Waals surface area contributed by atoms with Gasteiger partial charge in [0.05, 0.1) is 0 Å². The summed E-state index contributed by atoms with van der Waals surface area (Å²) in [6.45, 7) is 0.596. The molecule has 0 fully saturated rings. The molecule has 5 heteroatoms. The Hall–Kier alpha value is -2.01. The van der Waals surface area contributed by atoms with Crippen molar-refractivity contribution in [3.8, 4) is 11.4 Å². The Morgan fingerprint density at radius 3 is 2.76 bits per heavy atom. The lowest BCUT2D eigenvalue weighted by molar-refractivity contribution is 0.804. The standard InChI is InChI=1S/C12H14N4O/c13-5-1-2-10-8-11(17)16-12(15-10)9-3-6-14-7-4-9/h3-4,6-8H,1-2,5,13H2,(H,15,16,17). The van der Waals surface area contributed by atoms with E-state index < -0.39 is 0 Å². The van der Waals surface area contributed by atoms with Crippen LogP contribution in [0.2, 0.25) is 0 Å². The highest BCUT2D eigenvalue weighted by atomic mass is 16.1. The molecule has 3 N–H and O–H groups in total. The van der Waals surface area contributed by atoms with Crippen LogP contribution in [0.4, 0.5) is 0 Å². The van der Waals surface area contributed by atoms with Crippen molar-refractivity contribution in [3.05, 3.63) is 46.6 Å². The molecule has 0 unspecified atom stereocenters. The molecule has 2 rings (SSSR count). The molecule has 0 bridgehead atoms. The summed E-state index contributed by atoms with van der Waals surface area (Å²) < 4.78 is 0. The van der Waals surface area contributed by atoms with E-state index in [4.69, 9.17) is 5.73 Å². The minimum Gasteiger partial charge on any atom is -0.330 e. The van der Waals surface area contributed by atoms with Gasteiger partial charge in [-0.25, -0.2) is 4.98 Å². The molecule has 2 aromatic rings. The van der Waals surface area contributed by atoms with Crippen molar-refractivity contribution >= 4 is 0 Å². The minimum absolute atomic E-state index is 0.140. The van der Waals surface area contributed by atoms with Crippen molar-refractivity contribution in [2.24, 2.45) is 5.73 Å². The number of aryl methyl sites for hydroxylation is 1. The van der Waals surface area contributed by atoms with Gasteiger partial charge in [0.1, 0.15) is 5.82 Å². The Bertz CT molecular complexity index is 536. The van der Waals surface area contributed by atoms with E-state index in [2.05, 4.69) is 15.0 Å². The molecule has 0 aliphatic carbocycles. The predicted molar refractivity (Wildman–Crippen MR) is 65.5 cm³/mol. The number of nitrogens with one attached hydrogen (secondary N) is 1. The minimum atomic E-state index is -0.140. The summed E-state index contributed by atoms with van der Waals surface area (Å²) in [5.74, 6) is 0.576. The fourth-order valence-electron chi connectivity index (χ4n) is 1.57. The molecule has 2 heterocycles. The van der Waals surface area contributed by atoms with Gasteiger partial charge in [0, 0.05) is 29.7 Å². The summed E-state index contributed by atoms with van der Waals surface area (Å²) in [4.78, 5) is 22.6.